The van der Waals surface area contributed by atoms with Crippen molar-refractivity contribution in [3.63, 3.8) is 0 Å². The number of anilines is 1. The van der Waals surface area contributed by atoms with Crippen molar-refractivity contribution in [1.82, 2.24) is 5.16 Å². The van der Waals surface area contributed by atoms with E-state index in [1.807, 2.05) is 30.3 Å². The van der Waals surface area contributed by atoms with Crippen molar-refractivity contribution in [2.75, 3.05) is 5.73 Å². The van der Waals surface area contributed by atoms with Gasteiger partial charge in [-0.05, 0) is 11.6 Å². The van der Waals surface area contributed by atoms with Gasteiger partial charge in [0.2, 0.25) is 5.76 Å². The molecule has 0 aliphatic carbocycles. The van der Waals surface area contributed by atoms with E-state index in [9.17, 15) is 10.1 Å². The molecular formula is C13H9N3O4. The quantitative estimate of drug-likeness (QED) is 0.579. The van der Waals surface area contributed by atoms with Gasteiger partial charge >= 0.3 is 5.88 Å². The van der Waals surface area contributed by atoms with Crippen LogP contribution in [0.2, 0.25) is 0 Å². The molecule has 20 heavy (non-hydrogen) atoms. The van der Waals surface area contributed by atoms with Crippen LogP contribution in [0.25, 0.3) is 22.6 Å². The Morgan fingerprint density at radius 2 is 1.90 bits per heavy atom. The molecule has 2 aromatic heterocycles. The number of furan rings is 1. The van der Waals surface area contributed by atoms with Crippen molar-refractivity contribution in [1.29, 1.82) is 0 Å². The highest BCUT2D eigenvalue weighted by molar-refractivity contribution is 5.85. The molecule has 0 saturated carbocycles. The zero-order valence-corrected chi connectivity index (χ0v) is 10.1. The zero-order chi connectivity index (χ0) is 14.1. The van der Waals surface area contributed by atoms with Crippen LogP contribution in [0.3, 0.4) is 0 Å². The van der Waals surface area contributed by atoms with Gasteiger partial charge in [-0.3, -0.25) is 10.1 Å². The molecule has 2 heterocycles. The maximum absolute atomic E-state index is 10.6. The lowest BCUT2D eigenvalue weighted by atomic mass is 10.1. The smallest absolute Gasteiger partial charge is 0.397 e. The predicted molar refractivity (Wildman–Crippen MR) is 70.7 cm³/mol. The second-order valence-electron chi connectivity index (χ2n) is 4.03. The molecule has 0 radical (unpaired) electrons. The highest BCUT2D eigenvalue weighted by Crippen LogP contribution is 2.38. The summed E-state index contributed by atoms with van der Waals surface area (Å²) in [6.45, 7) is 0. The molecule has 7 nitrogen and oxygen atoms in total. The summed E-state index contributed by atoms with van der Waals surface area (Å²) in [5.41, 5.74) is 7.14. The van der Waals surface area contributed by atoms with Crippen molar-refractivity contribution < 1.29 is 13.9 Å². The number of nitrogen functional groups attached to an aromatic ring is 1. The molecule has 0 amide bonds. The Kier molecular flexibility index (Phi) is 2.72. The molecule has 100 valence electrons. The van der Waals surface area contributed by atoms with Crippen LogP contribution in [-0.4, -0.2) is 10.1 Å². The summed E-state index contributed by atoms with van der Waals surface area (Å²) < 4.78 is 10.3. The Hall–Kier alpha value is -3.09. The molecule has 0 bridgehead atoms. The van der Waals surface area contributed by atoms with E-state index in [1.54, 1.807) is 0 Å². The van der Waals surface area contributed by atoms with Gasteiger partial charge in [0.05, 0.1) is 11.6 Å². The minimum absolute atomic E-state index is 0.199. The molecule has 2 N–H and O–H groups in total. The lowest BCUT2D eigenvalue weighted by Crippen LogP contribution is -1.88. The van der Waals surface area contributed by atoms with Gasteiger partial charge in [0.1, 0.15) is 4.92 Å². The number of hydrogen-bond donors (Lipinski definition) is 1. The van der Waals surface area contributed by atoms with Gasteiger partial charge in [-0.2, -0.15) is 0 Å². The topological polar surface area (TPSA) is 108 Å². The third-order valence-electron chi connectivity index (χ3n) is 2.78. The number of nitrogens with zero attached hydrogens (tertiary/aromatic N) is 2. The molecule has 3 rings (SSSR count). The van der Waals surface area contributed by atoms with E-state index < -0.39 is 4.92 Å². The van der Waals surface area contributed by atoms with Crippen LogP contribution < -0.4 is 5.73 Å². The van der Waals surface area contributed by atoms with Gasteiger partial charge in [0.15, 0.2) is 11.6 Å². The second-order valence-corrected chi connectivity index (χ2v) is 4.03. The normalized spacial score (nSPS) is 10.6. The van der Waals surface area contributed by atoms with Gasteiger partial charge in [-0.1, -0.05) is 35.5 Å². The number of nitrogens with two attached hydrogens (primary N) is 1. The van der Waals surface area contributed by atoms with E-state index in [2.05, 4.69) is 5.16 Å². The maximum Gasteiger partial charge on any atom is 0.433 e. The van der Waals surface area contributed by atoms with Crippen molar-refractivity contribution in [2.24, 2.45) is 0 Å². The number of benzene rings is 1. The largest absolute Gasteiger partial charge is 0.433 e. The van der Waals surface area contributed by atoms with Crippen molar-refractivity contribution in [3.05, 3.63) is 52.6 Å². The Bertz CT molecular complexity index is 761. The predicted octanol–water partition coefficient (Wildman–Crippen LogP) is 3.09. The lowest BCUT2D eigenvalue weighted by molar-refractivity contribution is -0.401. The molecule has 0 unspecified atom stereocenters. The van der Waals surface area contributed by atoms with E-state index in [4.69, 9.17) is 14.7 Å². The van der Waals surface area contributed by atoms with E-state index in [1.165, 1.54) is 12.1 Å². The standard InChI is InChI=1S/C13H9N3O4/c14-13-11(8-4-2-1-3-5-8)12(20-15-13)9-6-7-10(19-9)16(17)18/h1-7H,(H2,14,15). The van der Waals surface area contributed by atoms with E-state index in [0.29, 0.717) is 5.56 Å². The summed E-state index contributed by atoms with van der Waals surface area (Å²) in [4.78, 5) is 10.0. The van der Waals surface area contributed by atoms with E-state index >= 15 is 0 Å². The first-order valence-corrected chi connectivity index (χ1v) is 5.72. The average molecular weight is 271 g/mol. The van der Waals surface area contributed by atoms with Gasteiger partial charge < -0.3 is 14.7 Å². The van der Waals surface area contributed by atoms with Crippen LogP contribution in [0.4, 0.5) is 11.7 Å². The number of aromatic nitrogens is 1. The third-order valence-corrected chi connectivity index (χ3v) is 2.78. The Labute approximate surface area is 112 Å². The lowest BCUT2D eigenvalue weighted by Gasteiger charge is -1.99. The summed E-state index contributed by atoms with van der Waals surface area (Å²) in [6.07, 6.45) is 0. The summed E-state index contributed by atoms with van der Waals surface area (Å²) in [7, 11) is 0. The molecule has 1 aromatic carbocycles. The van der Waals surface area contributed by atoms with Crippen molar-refractivity contribution in [3.8, 4) is 22.6 Å². The molecule has 0 fully saturated rings. The minimum Gasteiger partial charge on any atom is -0.397 e. The number of rotatable bonds is 3. The summed E-state index contributed by atoms with van der Waals surface area (Å²) in [5.74, 6) is 0.306. The SMILES string of the molecule is Nc1noc(-c2ccc([N+](=O)[O-])o2)c1-c1ccccc1. The van der Waals surface area contributed by atoms with E-state index in [0.717, 1.165) is 5.56 Å². The van der Waals surface area contributed by atoms with Crippen LogP contribution in [0.5, 0.6) is 0 Å². The molecule has 0 saturated heterocycles. The summed E-state index contributed by atoms with van der Waals surface area (Å²) in [6, 6.07) is 11.9. The zero-order valence-electron chi connectivity index (χ0n) is 10.1. The first-order valence-electron chi connectivity index (χ1n) is 5.72. The second kappa shape index (κ2) is 4.54. The minimum atomic E-state index is -0.620. The van der Waals surface area contributed by atoms with Gasteiger partial charge in [0.25, 0.3) is 0 Å². The average Bonchev–Trinajstić information content (AvgIpc) is 3.06. The molecule has 3 aromatic rings. The summed E-state index contributed by atoms with van der Waals surface area (Å²) in [5, 5.41) is 14.3. The first-order chi connectivity index (χ1) is 9.66. The van der Waals surface area contributed by atoms with Crippen molar-refractivity contribution in [2.45, 2.75) is 0 Å². The fourth-order valence-corrected chi connectivity index (χ4v) is 1.90. The van der Waals surface area contributed by atoms with Crippen LogP contribution in [0.15, 0.2) is 51.4 Å². The molecular weight excluding hydrogens is 262 g/mol. The van der Waals surface area contributed by atoms with Crippen LogP contribution in [0, 0.1) is 10.1 Å². The highest BCUT2D eigenvalue weighted by atomic mass is 16.6. The molecule has 0 aliphatic heterocycles. The van der Waals surface area contributed by atoms with Crippen LogP contribution >= 0.6 is 0 Å². The third kappa shape index (κ3) is 1.91. The maximum atomic E-state index is 10.6. The number of nitro groups is 1. The van der Waals surface area contributed by atoms with Gasteiger partial charge in [0, 0.05) is 0 Å². The monoisotopic (exact) mass is 271 g/mol. The molecule has 7 heteroatoms. The molecule has 0 spiro atoms. The fraction of sp³-hybridized carbons (Fsp3) is 0. The van der Waals surface area contributed by atoms with Gasteiger partial charge in [-0.15, -0.1) is 0 Å². The highest BCUT2D eigenvalue weighted by Gasteiger charge is 2.22. The molecule has 0 atom stereocenters. The summed E-state index contributed by atoms with van der Waals surface area (Å²) >= 11 is 0. The number of hydrogen-bond acceptors (Lipinski definition) is 6. The van der Waals surface area contributed by atoms with Crippen molar-refractivity contribution >= 4 is 11.7 Å². The Morgan fingerprint density at radius 1 is 1.15 bits per heavy atom. The van der Waals surface area contributed by atoms with Gasteiger partial charge in [-0.25, -0.2) is 0 Å². The van der Waals surface area contributed by atoms with E-state index in [-0.39, 0.29) is 23.2 Å². The van der Waals surface area contributed by atoms with Crippen LogP contribution in [-0.2, 0) is 0 Å². The fourth-order valence-electron chi connectivity index (χ4n) is 1.90. The van der Waals surface area contributed by atoms with Crippen LogP contribution in [0.1, 0.15) is 0 Å². The Balaban J connectivity index is 2.13. The first kappa shape index (κ1) is 12.0. The Morgan fingerprint density at radius 3 is 2.55 bits per heavy atom. The molecule has 0 aliphatic rings.